The summed E-state index contributed by atoms with van der Waals surface area (Å²) in [5, 5.41) is 0. The van der Waals surface area contributed by atoms with Gasteiger partial charge in [0.1, 0.15) is 0 Å². The molecule has 0 aliphatic heterocycles. The molecule has 0 amide bonds. The lowest BCUT2D eigenvalue weighted by Gasteiger charge is -2.06. The molecular weight excluding hydrogens is 468 g/mol. The van der Waals surface area contributed by atoms with Crippen LogP contribution in [0.5, 0.6) is 0 Å². The van der Waals surface area contributed by atoms with Gasteiger partial charge in [0, 0.05) is 23.7 Å². The maximum absolute atomic E-state index is 11.8. The number of rotatable bonds is 20. The zero-order valence-corrected chi connectivity index (χ0v) is 21.6. The molecule has 1 rings (SSSR count). The van der Waals surface area contributed by atoms with E-state index in [4.69, 9.17) is 9.47 Å². The van der Waals surface area contributed by atoms with Gasteiger partial charge in [0.05, 0.1) is 13.2 Å². The molecule has 0 spiro atoms. The number of hydrogen-bond acceptors (Lipinski definition) is 4. The van der Waals surface area contributed by atoms with Crippen LogP contribution in [0.25, 0.3) is 0 Å². The summed E-state index contributed by atoms with van der Waals surface area (Å²) < 4.78 is 11.5. The van der Waals surface area contributed by atoms with Crippen molar-refractivity contribution in [3.8, 4) is 0 Å². The normalized spacial score (nSPS) is 10.8. The molecular formula is C27H43BrO4. The van der Waals surface area contributed by atoms with Gasteiger partial charge in [-0.05, 0) is 30.5 Å². The van der Waals surface area contributed by atoms with Gasteiger partial charge in [-0.25, -0.2) is 0 Å². The molecule has 1 aromatic rings. The molecule has 0 fully saturated rings. The summed E-state index contributed by atoms with van der Waals surface area (Å²) in [6.07, 6.45) is 17.2. The number of esters is 2. The molecule has 0 aliphatic carbocycles. The van der Waals surface area contributed by atoms with Crippen molar-refractivity contribution >= 4 is 27.9 Å². The first kappa shape index (κ1) is 28.7. The second-order valence-electron chi connectivity index (χ2n) is 8.56. The van der Waals surface area contributed by atoms with E-state index in [0.717, 1.165) is 22.9 Å². The quantitative estimate of drug-likeness (QED) is 0.132. The van der Waals surface area contributed by atoms with E-state index in [0.29, 0.717) is 26.1 Å². The maximum atomic E-state index is 11.8. The molecule has 1 aromatic carbocycles. The molecule has 182 valence electrons. The molecule has 5 heteroatoms. The van der Waals surface area contributed by atoms with Crippen molar-refractivity contribution in [1.29, 1.82) is 0 Å². The van der Waals surface area contributed by atoms with Crippen LogP contribution in [0.2, 0.25) is 0 Å². The Morgan fingerprint density at radius 2 is 1.25 bits per heavy atom. The van der Waals surface area contributed by atoms with E-state index >= 15 is 0 Å². The highest BCUT2D eigenvalue weighted by atomic mass is 79.9. The second kappa shape index (κ2) is 20.3. The van der Waals surface area contributed by atoms with Gasteiger partial charge in [-0.15, -0.1) is 0 Å². The molecule has 0 bridgehead atoms. The van der Waals surface area contributed by atoms with E-state index in [1.807, 2.05) is 24.3 Å². The van der Waals surface area contributed by atoms with Crippen molar-refractivity contribution < 1.29 is 19.1 Å². The summed E-state index contributed by atoms with van der Waals surface area (Å²) in [5.74, 6) is -0.469. The van der Waals surface area contributed by atoms with Crippen molar-refractivity contribution in [3.05, 3.63) is 34.3 Å². The molecule has 32 heavy (non-hydrogen) atoms. The first-order valence-electron chi connectivity index (χ1n) is 12.7. The lowest BCUT2D eigenvalue weighted by Crippen LogP contribution is -2.10. The van der Waals surface area contributed by atoms with E-state index in [1.54, 1.807) is 0 Å². The fourth-order valence-corrected chi connectivity index (χ4v) is 4.07. The van der Waals surface area contributed by atoms with Gasteiger partial charge in [0.2, 0.25) is 0 Å². The standard InChI is InChI=1S/C27H43BrO4/c1-2-3-4-5-6-7-8-9-10-11-12-13-21-31-26(29)18-15-19-27(30)32-22-20-24-16-14-17-25(28)23-24/h14,16-17,23H,2-13,15,18-22H2,1H3. The minimum atomic E-state index is -0.256. The summed E-state index contributed by atoms with van der Waals surface area (Å²) in [4.78, 5) is 23.6. The van der Waals surface area contributed by atoms with Gasteiger partial charge >= 0.3 is 11.9 Å². The second-order valence-corrected chi connectivity index (χ2v) is 9.48. The summed E-state index contributed by atoms with van der Waals surface area (Å²) in [7, 11) is 0. The summed E-state index contributed by atoms with van der Waals surface area (Å²) >= 11 is 3.43. The van der Waals surface area contributed by atoms with Crippen molar-refractivity contribution in [2.45, 2.75) is 110 Å². The molecule has 0 saturated heterocycles. The van der Waals surface area contributed by atoms with E-state index < -0.39 is 0 Å². The molecule has 0 unspecified atom stereocenters. The van der Waals surface area contributed by atoms with Crippen LogP contribution in [0.1, 0.15) is 109 Å². The van der Waals surface area contributed by atoms with Crippen LogP contribution >= 0.6 is 15.9 Å². The Hall–Kier alpha value is -1.36. The smallest absolute Gasteiger partial charge is 0.305 e. The molecule has 0 saturated carbocycles. The van der Waals surface area contributed by atoms with Crippen LogP contribution in [0.15, 0.2) is 28.7 Å². The molecule has 0 aromatic heterocycles. The third kappa shape index (κ3) is 17.2. The minimum Gasteiger partial charge on any atom is -0.466 e. The van der Waals surface area contributed by atoms with Crippen LogP contribution < -0.4 is 0 Å². The molecule has 4 nitrogen and oxygen atoms in total. The Morgan fingerprint density at radius 1 is 0.719 bits per heavy atom. The number of carbonyl (C=O) groups excluding carboxylic acids is 2. The van der Waals surface area contributed by atoms with E-state index in [2.05, 4.69) is 22.9 Å². The predicted molar refractivity (Wildman–Crippen MR) is 135 cm³/mol. The largest absolute Gasteiger partial charge is 0.466 e. The highest BCUT2D eigenvalue weighted by molar-refractivity contribution is 9.10. The van der Waals surface area contributed by atoms with E-state index in [1.165, 1.54) is 64.2 Å². The van der Waals surface area contributed by atoms with Crippen molar-refractivity contribution in [1.82, 2.24) is 0 Å². The first-order chi connectivity index (χ1) is 15.6. The van der Waals surface area contributed by atoms with Crippen LogP contribution in [0.4, 0.5) is 0 Å². The maximum Gasteiger partial charge on any atom is 0.305 e. The predicted octanol–water partition coefficient (Wildman–Crippen LogP) is 7.95. The van der Waals surface area contributed by atoms with E-state index in [9.17, 15) is 9.59 Å². The number of benzene rings is 1. The summed E-state index contributed by atoms with van der Waals surface area (Å²) in [6, 6.07) is 7.95. The monoisotopic (exact) mass is 510 g/mol. The SMILES string of the molecule is CCCCCCCCCCCCCCOC(=O)CCCC(=O)OCCc1cccc(Br)c1. The highest BCUT2D eigenvalue weighted by Crippen LogP contribution is 2.13. The molecule has 0 atom stereocenters. The van der Waals surface area contributed by atoms with Crippen molar-refractivity contribution in [2.75, 3.05) is 13.2 Å². The summed E-state index contributed by atoms with van der Waals surface area (Å²) in [6.45, 7) is 3.11. The van der Waals surface area contributed by atoms with Crippen LogP contribution in [-0.4, -0.2) is 25.2 Å². The molecule has 0 N–H and O–H groups in total. The van der Waals surface area contributed by atoms with Gasteiger partial charge in [-0.3, -0.25) is 9.59 Å². The third-order valence-electron chi connectivity index (χ3n) is 5.57. The van der Waals surface area contributed by atoms with Crippen LogP contribution in [-0.2, 0) is 25.5 Å². The molecule has 0 aliphatic rings. The Morgan fingerprint density at radius 3 is 1.81 bits per heavy atom. The number of carbonyl (C=O) groups is 2. The lowest BCUT2D eigenvalue weighted by atomic mass is 10.1. The zero-order chi connectivity index (χ0) is 23.3. The minimum absolute atomic E-state index is 0.213. The summed E-state index contributed by atoms with van der Waals surface area (Å²) in [5.41, 5.74) is 1.12. The average Bonchev–Trinajstić information content (AvgIpc) is 2.77. The zero-order valence-electron chi connectivity index (χ0n) is 20.0. The van der Waals surface area contributed by atoms with E-state index in [-0.39, 0.29) is 24.8 Å². The average molecular weight is 512 g/mol. The molecule has 0 heterocycles. The van der Waals surface area contributed by atoms with Crippen LogP contribution in [0, 0.1) is 0 Å². The van der Waals surface area contributed by atoms with Gasteiger partial charge in [-0.1, -0.05) is 106 Å². The van der Waals surface area contributed by atoms with Gasteiger partial charge < -0.3 is 9.47 Å². The number of ether oxygens (including phenoxy) is 2. The van der Waals surface area contributed by atoms with Gasteiger partial charge in [0.25, 0.3) is 0 Å². The van der Waals surface area contributed by atoms with Crippen LogP contribution in [0.3, 0.4) is 0 Å². The number of halogens is 1. The lowest BCUT2D eigenvalue weighted by molar-refractivity contribution is -0.145. The van der Waals surface area contributed by atoms with Crippen molar-refractivity contribution in [2.24, 2.45) is 0 Å². The Balaban J connectivity index is 1.85. The Labute approximate surface area is 204 Å². The highest BCUT2D eigenvalue weighted by Gasteiger charge is 2.07. The first-order valence-corrected chi connectivity index (χ1v) is 13.5. The topological polar surface area (TPSA) is 52.6 Å². The Kier molecular flexibility index (Phi) is 18.2. The number of hydrogen-bond donors (Lipinski definition) is 0. The Bertz CT molecular complexity index is 617. The number of unbranched alkanes of at least 4 members (excludes halogenated alkanes) is 11. The van der Waals surface area contributed by atoms with Crippen molar-refractivity contribution in [3.63, 3.8) is 0 Å². The third-order valence-corrected chi connectivity index (χ3v) is 6.06. The van der Waals surface area contributed by atoms with Gasteiger partial charge in [-0.2, -0.15) is 0 Å². The van der Waals surface area contributed by atoms with Gasteiger partial charge in [0.15, 0.2) is 0 Å². The molecule has 0 radical (unpaired) electrons. The fraction of sp³-hybridized carbons (Fsp3) is 0.704. The fourth-order valence-electron chi connectivity index (χ4n) is 3.63.